The number of rotatable bonds is 6. The Bertz CT molecular complexity index is 990. The Hall–Kier alpha value is -3.67. The number of hydrogen-bond donors (Lipinski definition) is 0. The molecule has 0 spiro atoms. The van der Waals surface area contributed by atoms with Crippen LogP contribution in [-0.2, 0) is 0 Å². The number of ketones is 1. The summed E-state index contributed by atoms with van der Waals surface area (Å²) in [5.41, 5.74) is 0.597. The lowest BCUT2D eigenvalue weighted by Crippen LogP contribution is -2.10. The van der Waals surface area contributed by atoms with Crippen molar-refractivity contribution in [1.82, 2.24) is 0 Å². The van der Waals surface area contributed by atoms with E-state index in [2.05, 4.69) is 0 Å². The highest BCUT2D eigenvalue weighted by Gasteiger charge is 2.17. The van der Waals surface area contributed by atoms with E-state index in [0.717, 1.165) is 12.1 Å². The van der Waals surface area contributed by atoms with Gasteiger partial charge in [-0.05, 0) is 48.6 Å². The molecule has 136 valence electrons. The van der Waals surface area contributed by atoms with Gasteiger partial charge in [0.25, 0.3) is 0 Å². The fourth-order valence-electron chi connectivity index (χ4n) is 2.39. The Morgan fingerprint density at radius 2 is 1.85 bits per heavy atom. The lowest BCUT2D eigenvalue weighted by molar-refractivity contribution is 0.0699. The molecule has 0 bridgehead atoms. The third-order valence-electron chi connectivity index (χ3n) is 3.69. The van der Waals surface area contributed by atoms with E-state index in [4.69, 9.17) is 13.9 Å². The maximum Gasteiger partial charge on any atom is 0.379 e. The highest BCUT2D eigenvalue weighted by molar-refractivity contribution is 6.09. The highest BCUT2D eigenvalue weighted by Crippen LogP contribution is 2.24. The first-order valence-corrected chi connectivity index (χ1v) is 7.99. The van der Waals surface area contributed by atoms with Crippen LogP contribution in [0.4, 0.5) is 4.39 Å². The molecular formula is C21H15FO5. The molecule has 0 unspecified atom stereocenters. The normalized spacial score (nSPS) is 10.7. The molecule has 0 aliphatic carbocycles. The van der Waals surface area contributed by atoms with E-state index in [-0.39, 0.29) is 17.1 Å². The van der Waals surface area contributed by atoms with E-state index in [1.54, 1.807) is 30.3 Å². The van der Waals surface area contributed by atoms with Crippen LogP contribution in [0.3, 0.4) is 0 Å². The molecule has 1 aromatic heterocycles. The van der Waals surface area contributed by atoms with E-state index >= 15 is 0 Å². The second-order valence-corrected chi connectivity index (χ2v) is 5.45. The summed E-state index contributed by atoms with van der Waals surface area (Å²) < 4.78 is 29.0. The van der Waals surface area contributed by atoms with E-state index in [9.17, 15) is 14.0 Å². The Morgan fingerprint density at radius 1 is 1.04 bits per heavy atom. The van der Waals surface area contributed by atoms with Crippen molar-refractivity contribution >= 4 is 17.8 Å². The van der Waals surface area contributed by atoms with Crippen molar-refractivity contribution < 1.29 is 27.9 Å². The van der Waals surface area contributed by atoms with Crippen LogP contribution in [0.1, 0.15) is 26.5 Å². The van der Waals surface area contributed by atoms with Gasteiger partial charge in [-0.2, -0.15) is 0 Å². The number of furan rings is 1. The van der Waals surface area contributed by atoms with E-state index < -0.39 is 17.6 Å². The smallest absolute Gasteiger partial charge is 0.379 e. The fraction of sp³-hybridized carbons (Fsp3) is 0.0476. The zero-order valence-corrected chi connectivity index (χ0v) is 14.3. The van der Waals surface area contributed by atoms with E-state index in [0.29, 0.717) is 11.3 Å². The molecule has 27 heavy (non-hydrogen) atoms. The number of ether oxygens (including phenoxy) is 2. The second-order valence-electron chi connectivity index (χ2n) is 5.45. The number of benzene rings is 2. The Morgan fingerprint density at radius 3 is 2.59 bits per heavy atom. The van der Waals surface area contributed by atoms with E-state index in [1.165, 1.54) is 37.6 Å². The maximum atomic E-state index is 13.6. The summed E-state index contributed by atoms with van der Waals surface area (Å²) in [6.45, 7) is 0. The molecule has 0 atom stereocenters. The van der Waals surface area contributed by atoms with Gasteiger partial charge in [-0.1, -0.05) is 18.2 Å². The molecule has 0 radical (unpaired) electrons. The Balaban J connectivity index is 1.86. The second kappa shape index (κ2) is 8.14. The predicted octanol–water partition coefficient (Wildman–Crippen LogP) is 4.54. The van der Waals surface area contributed by atoms with Gasteiger partial charge in [-0.15, -0.1) is 0 Å². The van der Waals surface area contributed by atoms with Gasteiger partial charge < -0.3 is 13.9 Å². The van der Waals surface area contributed by atoms with Crippen LogP contribution in [0.2, 0.25) is 0 Å². The molecule has 0 saturated carbocycles. The van der Waals surface area contributed by atoms with Gasteiger partial charge in [-0.3, -0.25) is 4.79 Å². The largest absolute Gasteiger partial charge is 0.496 e. The average molecular weight is 366 g/mol. The molecule has 3 aromatic rings. The molecule has 0 fully saturated rings. The summed E-state index contributed by atoms with van der Waals surface area (Å²) in [6, 6.07) is 13.4. The van der Waals surface area contributed by atoms with Gasteiger partial charge in [0.15, 0.2) is 5.78 Å². The van der Waals surface area contributed by atoms with Crippen LogP contribution >= 0.6 is 0 Å². The minimum absolute atomic E-state index is 0.0257. The first-order chi connectivity index (χ1) is 13.1. The van der Waals surface area contributed by atoms with Crippen LogP contribution in [-0.4, -0.2) is 18.9 Å². The molecule has 0 aliphatic rings. The number of halogens is 1. The van der Waals surface area contributed by atoms with Gasteiger partial charge >= 0.3 is 5.97 Å². The lowest BCUT2D eigenvalue weighted by atomic mass is 10.1. The summed E-state index contributed by atoms with van der Waals surface area (Å²) in [4.78, 5) is 24.6. The number of esters is 1. The summed E-state index contributed by atoms with van der Waals surface area (Å²) in [6.07, 6.45) is 4.13. The predicted molar refractivity (Wildman–Crippen MR) is 96.4 cm³/mol. The lowest BCUT2D eigenvalue weighted by Gasteiger charge is -2.07. The molecule has 0 amide bonds. The number of methoxy groups -OCH3 is 1. The third kappa shape index (κ3) is 4.30. The highest BCUT2D eigenvalue weighted by atomic mass is 19.1. The standard InChI is InChI=1S/C21H15FO5/c1-25-18-6-3-2-5-14(18)8-10-17(23)16-13-15(22)9-11-19(16)27-21(24)20-7-4-12-26-20/h2-13H,1H3/b10-8+. The van der Waals surface area contributed by atoms with Crippen molar-refractivity contribution in [3.63, 3.8) is 0 Å². The zero-order chi connectivity index (χ0) is 19.2. The Labute approximate surface area is 154 Å². The molecule has 0 N–H and O–H groups in total. The number of carbonyl (C=O) groups excluding carboxylic acids is 2. The molecule has 0 aliphatic heterocycles. The zero-order valence-electron chi connectivity index (χ0n) is 14.3. The minimum atomic E-state index is -0.783. The average Bonchev–Trinajstić information content (AvgIpc) is 3.22. The number of carbonyl (C=O) groups is 2. The fourth-order valence-corrected chi connectivity index (χ4v) is 2.39. The quantitative estimate of drug-likeness (QED) is 0.277. The molecule has 3 rings (SSSR count). The van der Waals surface area contributed by atoms with Crippen molar-refractivity contribution in [3.05, 3.63) is 89.6 Å². The summed E-state index contributed by atoms with van der Waals surface area (Å²) in [7, 11) is 1.52. The van der Waals surface area contributed by atoms with Crippen molar-refractivity contribution in [1.29, 1.82) is 0 Å². The first kappa shape index (κ1) is 18.1. The molecular weight excluding hydrogens is 351 g/mol. The number of hydrogen-bond acceptors (Lipinski definition) is 5. The van der Waals surface area contributed by atoms with Gasteiger partial charge in [-0.25, -0.2) is 9.18 Å². The van der Waals surface area contributed by atoms with Crippen molar-refractivity contribution in [3.8, 4) is 11.5 Å². The van der Waals surface area contributed by atoms with Crippen LogP contribution < -0.4 is 9.47 Å². The van der Waals surface area contributed by atoms with Crippen molar-refractivity contribution in [2.45, 2.75) is 0 Å². The number of para-hydroxylation sites is 1. The van der Waals surface area contributed by atoms with Crippen LogP contribution in [0, 0.1) is 5.82 Å². The van der Waals surface area contributed by atoms with Crippen molar-refractivity contribution in [2.24, 2.45) is 0 Å². The SMILES string of the molecule is COc1ccccc1/C=C/C(=O)c1cc(F)ccc1OC(=O)c1ccco1. The number of allylic oxidation sites excluding steroid dienone is 1. The summed E-state index contributed by atoms with van der Waals surface area (Å²) in [5.74, 6) is -1.43. The van der Waals surface area contributed by atoms with Gasteiger partial charge in [0.05, 0.1) is 18.9 Å². The third-order valence-corrected chi connectivity index (χ3v) is 3.69. The van der Waals surface area contributed by atoms with Crippen LogP contribution in [0.15, 0.2) is 71.4 Å². The Kier molecular flexibility index (Phi) is 5.47. The van der Waals surface area contributed by atoms with Gasteiger partial charge in [0.1, 0.15) is 17.3 Å². The summed E-state index contributed by atoms with van der Waals surface area (Å²) >= 11 is 0. The molecule has 6 heteroatoms. The van der Waals surface area contributed by atoms with Crippen LogP contribution in [0.25, 0.3) is 6.08 Å². The maximum absolute atomic E-state index is 13.6. The first-order valence-electron chi connectivity index (χ1n) is 7.99. The monoisotopic (exact) mass is 366 g/mol. The minimum Gasteiger partial charge on any atom is -0.496 e. The van der Waals surface area contributed by atoms with Crippen molar-refractivity contribution in [2.75, 3.05) is 7.11 Å². The van der Waals surface area contributed by atoms with E-state index in [1.807, 2.05) is 0 Å². The van der Waals surface area contributed by atoms with Gasteiger partial charge in [0, 0.05) is 5.56 Å². The molecule has 1 heterocycles. The molecule has 2 aromatic carbocycles. The molecule has 5 nitrogen and oxygen atoms in total. The summed E-state index contributed by atoms with van der Waals surface area (Å²) in [5, 5.41) is 0. The molecule has 0 saturated heterocycles. The van der Waals surface area contributed by atoms with Gasteiger partial charge in [0.2, 0.25) is 5.76 Å². The van der Waals surface area contributed by atoms with Crippen LogP contribution in [0.5, 0.6) is 11.5 Å². The topological polar surface area (TPSA) is 65.7 Å².